The summed E-state index contributed by atoms with van der Waals surface area (Å²) < 4.78 is 7.19. The molecule has 0 radical (unpaired) electrons. The normalized spacial score (nSPS) is 18.2. The highest BCUT2D eigenvalue weighted by Gasteiger charge is 2.35. The fourth-order valence-electron chi connectivity index (χ4n) is 3.12. The van der Waals surface area contributed by atoms with Crippen molar-refractivity contribution in [1.82, 2.24) is 24.6 Å². The molecule has 0 saturated carbocycles. The van der Waals surface area contributed by atoms with Crippen molar-refractivity contribution in [3.8, 4) is 5.88 Å². The van der Waals surface area contributed by atoms with Crippen LogP contribution in [0.25, 0.3) is 0 Å². The lowest BCUT2D eigenvalue weighted by molar-refractivity contribution is 0.0728. The van der Waals surface area contributed by atoms with E-state index in [0.717, 1.165) is 36.5 Å². The topological polar surface area (TPSA) is 76.0 Å². The molecule has 1 aliphatic rings. The molecule has 1 atom stereocenters. The molecule has 3 rings (SSSR count). The number of imidazole rings is 1. The van der Waals surface area contributed by atoms with E-state index in [1.165, 1.54) is 6.33 Å². The summed E-state index contributed by atoms with van der Waals surface area (Å²) in [7, 11) is 3.49. The van der Waals surface area contributed by atoms with Crippen LogP contribution < -0.4 is 4.74 Å². The predicted octanol–water partition coefficient (Wildman–Crippen LogP) is 1.44. The van der Waals surface area contributed by atoms with E-state index in [0.29, 0.717) is 5.69 Å². The van der Waals surface area contributed by atoms with E-state index in [4.69, 9.17) is 4.74 Å². The minimum Gasteiger partial charge on any atom is -0.481 e. The second-order valence-electron chi connectivity index (χ2n) is 5.25. The monoisotopic (exact) mass is 289 g/mol. The van der Waals surface area contributed by atoms with Crippen molar-refractivity contribution in [3.63, 3.8) is 0 Å². The summed E-state index contributed by atoms with van der Waals surface area (Å²) in [5.41, 5.74) is 2.43. The van der Waals surface area contributed by atoms with Crippen molar-refractivity contribution in [1.29, 1.82) is 0 Å². The van der Waals surface area contributed by atoms with Gasteiger partial charge in [-0.2, -0.15) is 5.10 Å². The number of H-pyrrole nitrogens is 1. The number of aromatic nitrogens is 4. The van der Waals surface area contributed by atoms with E-state index in [2.05, 4.69) is 15.1 Å². The van der Waals surface area contributed by atoms with Gasteiger partial charge >= 0.3 is 0 Å². The Kier molecular flexibility index (Phi) is 3.40. The Labute approximate surface area is 122 Å². The molecule has 21 heavy (non-hydrogen) atoms. The Morgan fingerprint density at radius 3 is 3.00 bits per heavy atom. The fraction of sp³-hybridized carbons (Fsp3) is 0.500. The standard InChI is InChI=1S/C14H19N5O2/c1-9-12(14(21-3)18(2)17-9)11-5-4-6-19(11)13(20)10-7-15-8-16-10/h7-8,11H,4-6H2,1-3H3,(H,15,16)/t11-/m1/s1. The Morgan fingerprint density at radius 1 is 1.52 bits per heavy atom. The lowest BCUT2D eigenvalue weighted by Gasteiger charge is -2.24. The van der Waals surface area contributed by atoms with Crippen LogP contribution >= 0.6 is 0 Å². The first-order valence-corrected chi connectivity index (χ1v) is 7.00. The summed E-state index contributed by atoms with van der Waals surface area (Å²) >= 11 is 0. The molecule has 1 N–H and O–H groups in total. The largest absolute Gasteiger partial charge is 0.481 e. The van der Waals surface area contributed by atoms with Gasteiger partial charge in [0, 0.05) is 13.6 Å². The van der Waals surface area contributed by atoms with E-state index in [1.54, 1.807) is 18.0 Å². The van der Waals surface area contributed by atoms with Gasteiger partial charge in [0.05, 0.1) is 36.9 Å². The average molecular weight is 289 g/mol. The average Bonchev–Trinajstić information content (AvgIpc) is 3.16. The van der Waals surface area contributed by atoms with Crippen LogP contribution in [0.15, 0.2) is 12.5 Å². The maximum Gasteiger partial charge on any atom is 0.272 e. The van der Waals surface area contributed by atoms with Crippen molar-refractivity contribution in [2.45, 2.75) is 25.8 Å². The van der Waals surface area contributed by atoms with Crippen molar-refractivity contribution < 1.29 is 9.53 Å². The number of amides is 1. The minimum atomic E-state index is -0.0275. The second kappa shape index (κ2) is 5.23. The smallest absolute Gasteiger partial charge is 0.272 e. The van der Waals surface area contributed by atoms with Gasteiger partial charge in [0.15, 0.2) is 0 Å². The molecule has 1 amide bonds. The first kappa shape index (κ1) is 13.7. The van der Waals surface area contributed by atoms with Crippen LogP contribution in [0.1, 0.15) is 40.6 Å². The number of aromatic amines is 1. The number of nitrogens with zero attached hydrogens (tertiary/aromatic N) is 4. The molecule has 3 heterocycles. The van der Waals surface area contributed by atoms with E-state index >= 15 is 0 Å². The third-order valence-corrected chi connectivity index (χ3v) is 3.98. The van der Waals surface area contributed by atoms with Gasteiger partial charge in [0.2, 0.25) is 5.88 Å². The number of ether oxygens (including phenoxy) is 1. The molecule has 7 nitrogen and oxygen atoms in total. The first-order chi connectivity index (χ1) is 10.1. The quantitative estimate of drug-likeness (QED) is 0.927. The Hall–Kier alpha value is -2.31. The fourth-order valence-corrected chi connectivity index (χ4v) is 3.12. The van der Waals surface area contributed by atoms with Crippen LogP contribution in [0.3, 0.4) is 0 Å². The number of hydrogen-bond acceptors (Lipinski definition) is 4. The van der Waals surface area contributed by atoms with Crippen LogP contribution in [-0.2, 0) is 7.05 Å². The molecule has 1 saturated heterocycles. The summed E-state index contributed by atoms with van der Waals surface area (Å²) in [5.74, 6) is 0.696. The molecule has 2 aromatic rings. The van der Waals surface area contributed by atoms with Gasteiger partial charge < -0.3 is 14.6 Å². The number of hydrogen-bond donors (Lipinski definition) is 1. The van der Waals surface area contributed by atoms with Crippen molar-refractivity contribution in [2.24, 2.45) is 7.05 Å². The minimum absolute atomic E-state index is 0.00412. The molecule has 0 unspecified atom stereocenters. The van der Waals surface area contributed by atoms with Crippen LogP contribution in [-0.4, -0.2) is 44.2 Å². The number of aryl methyl sites for hydroxylation is 2. The summed E-state index contributed by atoms with van der Waals surface area (Å²) in [6.07, 6.45) is 4.98. The SMILES string of the molecule is COc1c([C@H]2CCCN2C(=O)c2cnc[nH]2)c(C)nn1C. The van der Waals surface area contributed by atoms with Gasteiger partial charge in [-0.25, -0.2) is 9.67 Å². The molecule has 0 spiro atoms. The Morgan fingerprint density at radius 2 is 2.33 bits per heavy atom. The van der Waals surface area contributed by atoms with Crippen molar-refractivity contribution in [2.75, 3.05) is 13.7 Å². The van der Waals surface area contributed by atoms with E-state index < -0.39 is 0 Å². The molecular formula is C14H19N5O2. The molecule has 7 heteroatoms. The third kappa shape index (κ3) is 2.18. The zero-order valence-corrected chi connectivity index (χ0v) is 12.5. The Balaban J connectivity index is 1.96. The van der Waals surface area contributed by atoms with Gasteiger partial charge in [0.1, 0.15) is 5.69 Å². The number of nitrogens with one attached hydrogen (secondary N) is 1. The molecule has 1 fully saturated rings. The van der Waals surface area contributed by atoms with Gasteiger partial charge in [0.25, 0.3) is 5.91 Å². The Bertz CT molecular complexity index is 647. The molecule has 0 aliphatic carbocycles. The lowest BCUT2D eigenvalue weighted by atomic mass is 10.0. The number of likely N-dealkylation sites (tertiary alicyclic amines) is 1. The highest BCUT2D eigenvalue weighted by Crippen LogP contribution is 2.39. The predicted molar refractivity (Wildman–Crippen MR) is 76.1 cm³/mol. The molecule has 2 aromatic heterocycles. The van der Waals surface area contributed by atoms with Gasteiger partial charge in [-0.15, -0.1) is 0 Å². The molecule has 112 valence electrons. The van der Waals surface area contributed by atoms with Crippen LogP contribution in [0.4, 0.5) is 0 Å². The molecule has 0 aromatic carbocycles. The van der Waals surface area contributed by atoms with E-state index in [1.807, 2.05) is 18.9 Å². The number of carbonyl (C=O) groups is 1. The number of rotatable bonds is 3. The highest BCUT2D eigenvalue weighted by atomic mass is 16.5. The van der Waals surface area contributed by atoms with Crippen LogP contribution in [0.2, 0.25) is 0 Å². The van der Waals surface area contributed by atoms with E-state index in [9.17, 15) is 4.79 Å². The first-order valence-electron chi connectivity index (χ1n) is 7.00. The summed E-state index contributed by atoms with van der Waals surface area (Å²) in [5, 5.41) is 4.42. The third-order valence-electron chi connectivity index (χ3n) is 3.98. The van der Waals surface area contributed by atoms with Crippen molar-refractivity contribution >= 4 is 5.91 Å². The van der Waals surface area contributed by atoms with Crippen LogP contribution in [0.5, 0.6) is 5.88 Å². The van der Waals surface area contributed by atoms with Crippen LogP contribution in [0, 0.1) is 6.92 Å². The maximum atomic E-state index is 12.6. The summed E-state index contributed by atoms with van der Waals surface area (Å²) in [6, 6.07) is 0.00412. The number of carbonyl (C=O) groups excluding carboxylic acids is 1. The zero-order chi connectivity index (χ0) is 15.0. The summed E-state index contributed by atoms with van der Waals surface area (Å²) in [6.45, 7) is 2.69. The van der Waals surface area contributed by atoms with E-state index in [-0.39, 0.29) is 11.9 Å². The van der Waals surface area contributed by atoms with Crippen molar-refractivity contribution in [3.05, 3.63) is 29.5 Å². The molecular weight excluding hydrogens is 270 g/mol. The second-order valence-corrected chi connectivity index (χ2v) is 5.25. The maximum absolute atomic E-state index is 12.6. The molecule has 1 aliphatic heterocycles. The lowest BCUT2D eigenvalue weighted by Crippen LogP contribution is -2.31. The highest BCUT2D eigenvalue weighted by molar-refractivity contribution is 5.92. The van der Waals surface area contributed by atoms with Gasteiger partial charge in [-0.1, -0.05) is 0 Å². The zero-order valence-electron chi connectivity index (χ0n) is 12.5. The van der Waals surface area contributed by atoms with Gasteiger partial charge in [-0.05, 0) is 19.8 Å². The number of methoxy groups -OCH3 is 1. The van der Waals surface area contributed by atoms with Gasteiger partial charge in [-0.3, -0.25) is 4.79 Å². The molecule has 0 bridgehead atoms. The summed E-state index contributed by atoms with van der Waals surface area (Å²) in [4.78, 5) is 21.3.